The molecule has 6 nitrogen and oxygen atoms in total. The number of nitrogens with one attached hydrogen (secondary N) is 1. The van der Waals surface area contributed by atoms with Crippen LogP contribution in [0, 0.1) is 5.92 Å². The van der Waals surface area contributed by atoms with Gasteiger partial charge in [-0.05, 0) is 25.7 Å². The minimum absolute atomic E-state index is 0.582. The van der Waals surface area contributed by atoms with Crippen LogP contribution < -0.4 is 11.3 Å². The molecule has 7 heteroatoms. The molecule has 0 amide bonds. The zero-order valence-corrected chi connectivity index (χ0v) is 11.7. The van der Waals surface area contributed by atoms with E-state index in [1.807, 2.05) is 0 Å². The second-order valence-corrected chi connectivity index (χ2v) is 5.75. The predicted molar refractivity (Wildman–Crippen MR) is 72.2 cm³/mol. The van der Waals surface area contributed by atoms with Crippen LogP contribution in [0.5, 0.6) is 0 Å². The first-order valence-electron chi connectivity index (χ1n) is 6.26. The molecule has 1 heterocycles. The Hall–Kier alpha value is -0.760. The molecule has 1 saturated carbocycles. The van der Waals surface area contributed by atoms with Gasteiger partial charge in [-0.2, -0.15) is 0 Å². The normalized spacial score (nSPS) is 17.1. The third-order valence-electron chi connectivity index (χ3n) is 3.39. The molecular formula is C11H21N5OS. The van der Waals surface area contributed by atoms with E-state index >= 15 is 0 Å². The quantitative estimate of drug-likeness (QED) is 0.544. The molecule has 102 valence electrons. The summed E-state index contributed by atoms with van der Waals surface area (Å²) in [4.78, 5) is 2.42. The van der Waals surface area contributed by atoms with Gasteiger partial charge in [0.1, 0.15) is 5.01 Å². The molecule has 0 radical (unpaired) electrons. The van der Waals surface area contributed by atoms with E-state index in [1.165, 1.54) is 24.2 Å². The fourth-order valence-corrected chi connectivity index (χ4v) is 2.74. The fraction of sp³-hybridized carbons (Fsp3) is 0.818. The van der Waals surface area contributed by atoms with Crippen LogP contribution in [-0.2, 0) is 11.3 Å². The number of nitrogens with zero attached hydrogens (tertiary/aromatic N) is 3. The average molecular weight is 271 g/mol. The molecule has 1 aromatic heterocycles. The van der Waals surface area contributed by atoms with Crippen molar-refractivity contribution in [2.45, 2.75) is 32.4 Å². The van der Waals surface area contributed by atoms with Crippen molar-refractivity contribution in [2.24, 2.45) is 11.8 Å². The summed E-state index contributed by atoms with van der Waals surface area (Å²) in [5, 5.41) is 9.76. The Bertz CT molecular complexity index is 368. The number of anilines is 1. The molecule has 0 aromatic carbocycles. The van der Waals surface area contributed by atoms with Gasteiger partial charge in [0.15, 0.2) is 0 Å². The van der Waals surface area contributed by atoms with Crippen LogP contribution in [0.1, 0.15) is 24.8 Å². The van der Waals surface area contributed by atoms with Crippen LogP contribution in [0.4, 0.5) is 5.13 Å². The Morgan fingerprint density at radius 2 is 2.33 bits per heavy atom. The van der Waals surface area contributed by atoms with Crippen LogP contribution >= 0.6 is 11.3 Å². The molecule has 3 N–H and O–H groups in total. The zero-order chi connectivity index (χ0) is 13.0. The van der Waals surface area contributed by atoms with E-state index in [2.05, 4.69) is 27.4 Å². The Morgan fingerprint density at radius 1 is 1.56 bits per heavy atom. The molecule has 18 heavy (non-hydrogen) atoms. The number of hydrogen-bond acceptors (Lipinski definition) is 7. The summed E-state index contributed by atoms with van der Waals surface area (Å²) in [7, 11) is 1.74. The van der Waals surface area contributed by atoms with Crippen molar-refractivity contribution in [3.63, 3.8) is 0 Å². The van der Waals surface area contributed by atoms with Gasteiger partial charge in [0, 0.05) is 19.7 Å². The molecule has 2 rings (SSSR count). The Balaban J connectivity index is 1.94. The molecule has 0 spiro atoms. The van der Waals surface area contributed by atoms with Gasteiger partial charge >= 0.3 is 0 Å². The number of hydrazine groups is 1. The first-order valence-corrected chi connectivity index (χ1v) is 7.08. The zero-order valence-electron chi connectivity index (χ0n) is 10.9. The Kier molecular flexibility index (Phi) is 4.87. The van der Waals surface area contributed by atoms with Crippen molar-refractivity contribution in [3.05, 3.63) is 5.01 Å². The minimum atomic E-state index is 0.582. The summed E-state index contributed by atoms with van der Waals surface area (Å²) < 4.78 is 5.18. The van der Waals surface area contributed by atoms with Crippen LogP contribution in [0.3, 0.4) is 0 Å². The fourth-order valence-electron chi connectivity index (χ4n) is 2.06. The maximum Gasteiger partial charge on any atom is 0.219 e. The number of nitrogen functional groups attached to an aromatic ring is 1. The van der Waals surface area contributed by atoms with Crippen molar-refractivity contribution in [1.82, 2.24) is 15.1 Å². The maximum absolute atomic E-state index is 5.32. The van der Waals surface area contributed by atoms with Gasteiger partial charge in [0.2, 0.25) is 5.13 Å². The molecule has 1 atom stereocenters. The average Bonchev–Trinajstić information content (AvgIpc) is 3.14. The smallest absolute Gasteiger partial charge is 0.219 e. The van der Waals surface area contributed by atoms with Crippen molar-refractivity contribution in [1.29, 1.82) is 0 Å². The van der Waals surface area contributed by atoms with Crippen molar-refractivity contribution in [3.8, 4) is 0 Å². The van der Waals surface area contributed by atoms with Gasteiger partial charge < -0.3 is 4.74 Å². The van der Waals surface area contributed by atoms with Gasteiger partial charge in [-0.1, -0.05) is 11.3 Å². The van der Waals surface area contributed by atoms with Gasteiger partial charge in [-0.25, -0.2) is 5.84 Å². The number of ether oxygens (including phenoxy) is 1. The lowest BCUT2D eigenvalue weighted by atomic mass is 10.2. The second-order valence-electron chi connectivity index (χ2n) is 4.69. The van der Waals surface area contributed by atoms with Crippen molar-refractivity contribution < 1.29 is 4.74 Å². The molecular weight excluding hydrogens is 250 g/mol. The molecule has 1 aliphatic rings. The van der Waals surface area contributed by atoms with E-state index in [9.17, 15) is 0 Å². The lowest BCUT2D eigenvalue weighted by molar-refractivity contribution is 0.111. The van der Waals surface area contributed by atoms with Crippen molar-refractivity contribution in [2.75, 3.05) is 25.7 Å². The standard InChI is InChI=1S/C11H21N5OS/c1-8(9-3-4-9)16(5-6-17-2)7-10-14-15-11(13-12)18-10/h8-9H,3-7,12H2,1-2H3,(H,13,15). The summed E-state index contributed by atoms with van der Waals surface area (Å²) in [6.45, 7) is 4.79. The number of rotatable bonds is 8. The molecule has 0 aliphatic heterocycles. The summed E-state index contributed by atoms with van der Waals surface area (Å²) in [6.07, 6.45) is 2.69. The molecule has 1 aliphatic carbocycles. The number of hydrogen-bond donors (Lipinski definition) is 2. The monoisotopic (exact) mass is 271 g/mol. The second kappa shape index (κ2) is 6.42. The van der Waals surface area contributed by atoms with Gasteiger partial charge in [-0.15, -0.1) is 10.2 Å². The highest BCUT2D eigenvalue weighted by atomic mass is 32.1. The molecule has 0 bridgehead atoms. The van der Waals surface area contributed by atoms with E-state index in [-0.39, 0.29) is 0 Å². The lowest BCUT2D eigenvalue weighted by Crippen LogP contribution is -2.36. The maximum atomic E-state index is 5.32. The lowest BCUT2D eigenvalue weighted by Gasteiger charge is -2.27. The SMILES string of the molecule is COCCN(Cc1nnc(NN)s1)C(C)C1CC1. The third-order valence-corrected chi connectivity index (χ3v) is 4.23. The summed E-state index contributed by atoms with van der Waals surface area (Å²) in [6, 6.07) is 0.582. The summed E-state index contributed by atoms with van der Waals surface area (Å²) in [5.74, 6) is 6.15. The van der Waals surface area contributed by atoms with Crippen LogP contribution in [0.2, 0.25) is 0 Å². The Morgan fingerprint density at radius 3 is 2.89 bits per heavy atom. The van der Waals surface area contributed by atoms with Crippen LogP contribution in [0.15, 0.2) is 0 Å². The molecule has 1 fully saturated rings. The first kappa shape index (κ1) is 13.7. The van der Waals surface area contributed by atoms with E-state index < -0.39 is 0 Å². The number of methoxy groups -OCH3 is 1. The van der Waals surface area contributed by atoms with Crippen LogP contribution in [-0.4, -0.2) is 41.4 Å². The molecule has 1 unspecified atom stereocenters. The summed E-state index contributed by atoms with van der Waals surface area (Å²) >= 11 is 1.50. The number of aromatic nitrogens is 2. The van der Waals surface area contributed by atoms with Gasteiger partial charge in [0.05, 0.1) is 13.2 Å². The number of nitrogens with two attached hydrogens (primary N) is 1. The third kappa shape index (κ3) is 3.61. The van der Waals surface area contributed by atoms with E-state index in [0.717, 1.165) is 30.6 Å². The van der Waals surface area contributed by atoms with E-state index in [0.29, 0.717) is 11.2 Å². The predicted octanol–water partition coefficient (Wildman–Crippen LogP) is 1.07. The topological polar surface area (TPSA) is 76.3 Å². The summed E-state index contributed by atoms with van der Waals surface area (Å²) in [5.41, 5.74) is 2.53. The minimum Gasteiger partial charge on any atom is -0.383 e. The molecule has 0 saturated heterocycles. The van der Waals surface area contributed by atoms with E-state index in [1.54, 1.807) is 7.11 Å². The highest BCUT2D eigenvalue weighted by Crippen LogP contribution is 2.35. The Labute approximate surface area is 111 Å². The van der Waals surface area contributed by atoms with E-state index in [4.69, 9.17) is 10.6 Å². The highest BCUT2D eigenvalue weighted by Gasteiger charge is 2.32. The van der Waals surface area contributed by atoms with Crippen LogP contribution in [0.25, 0.3) is 0 Å². The van der Waals surface area contributed by atoms with Gasteiger partial charge in [0.25, 0.3) is 0 Å². The highest BCUT2D eigenvalue weighted by molar-refractivity contribution is 7.15. The van der Waals surface area contributed by atoms with Crippen molar-refractivity contribution >= 4 is 16.5 Å². The molecule has 1 aromatic rings. The first-order chi connectivity index (χ1) is 8.74. The largest absolute Gasteiger partial charge is 0.383 e. The van der Waals surface area contributed by atoms with Gasteiger partial charge in [-0.3, -0.25) is 10.3 Å².